The fourth-order valence-corrected chi connectivity index (χ4v) is 8.50. The molecule has 0 spiro atoms. The van der Waals surface area contributed by atoms with Crippen LogP contribution in [0.5, 0.6) is 0 Å². The van der Waals surface area contributed by atoms with E-state index >= 15 is 0 Å². The monoisotopic (exact) mass is 762 g/mol. The van der Waals surface area contributed by atoms with Crippen LogP contribution in [0.3, 0.4) is 0 Å². The fourth-order valence-electron chi connectivity index (χ4n) is 6.74. The van der Waals surface area contributed by atoms with Crippen LogP contribution in [-0.2, 0) is 13.8 Å². The minimum atomic E-state index is -1.52. The third kappa shape index (κ3) is 9.00. The van der Waals surface area contributed by atoms with Crippen LogP contribution in [0.1, 0.15) is 63.3 Å². The number of fused-ring (bicyclic) bond motifs is 1. The zero-order chi connectivity index (χ0) is 39.2. The zero-order valence-corrected chi connectivity index (χ0v) is 32.9. The van der Waals surface area contributed by atoms with Crippen molar-refractivity contribution in [1.82, 2.24) is 13.8 Å². The Labute approximate surface area is 322 Å². The average Bonchev–Trinajstić information content (AvgIpc) is 3.58. The summed E-state index contributed by atoms with van der Waals surface area (Å²) in [5.74, 6) is 0. The highest BCUT2D eigenvalue weighted by Crippen LogP contribution is 2.50. The van der Waals surface area contributed by atoms with Crippen molar-refractivity contribution in [2.45, 2.75) is 84.8 Å². The van der Waals surface area contributed by atoms with Crippen LogP contribution in [0.4, 0.5) is 11.4 Å². The van der Waals surface area contributed by atoms with E-state index in [2.05, 4.69) is 48.7 Å². The molecule has 4 atom stereocenters. The number of aliphatic hydroxyl groups excluding tert-OH is 1. The molecule has 1 aliphatic rings. The van der Waals surface area contributed by atoms with E-state index in [0.717, 1.165) is 16.7 Å². The van der Waals surface area contributed by atoms with Crippen LogP contribution < -0.4 is 11.2 Å². The smallest absolute Gasteiger partial charge is 0.340 e. The first-order chi connectivity index (χ1) is 26.5. The summed E-state index contributed by atoms with van der Waals surface area (Å²) in [4.78, 5) is 28.0. The van der Waals surface area contributed by atoms with Crippen LogP contribution in [0.25, 0.3) is 22.3 Å². The van der Waals surface area contributed by atoms with Gasteiger partial charge in [0.25, 0.3) is 14.1 Å². The first-order valence-electron chi connectivity index (χ1n) is 18.5. The maximum atomic E-state index is 14.1. The number of benzene rings is 4. The Bertz CT molecular complexity index is 2290. The number of aromatic nitrogens is 2. The Balaban J connectivity index is 1.29. The molecule has 1 aliphatic heterocycles. The average molecular weight is 763 g/mol. The summed E-state index contributed by atoms with van der Waals surface area (Å²) in [6.45, 7) is 12.3. The summed E-state index contributed by atoms with van der Waals surface area (Å²) >= 11 is 0. The van der Waals surface area contributed by atoms with E-state index in [1.54, 1.807) is 30.3 Å². The molecule has 1 unspecified atom stereocenters. The fraction of sp³-hybridized carbons (Fsp3) is 0.357. The topological polar surface area (TPSA) is 144 Å². The Hall–Kier alpha value is -4.86. The van der Waals surface area contributed by atoms with E-state index in [1.807, 2.05) is 74.5 Å². The minimum absolute atomic E-state index is 0.135. The van der Waals surface area contributed by atoms with E-state index in [9.17, 15) is 14.7 Å². The largest absolute Gasteiger partial charge is 0.394 e. The van der Waals surface area contributed by atoms with Gasteiger partial charge in [-0.05, 0) is 102 Å². The lowest BCUT2D eigenvalue weighted by molar-refractivity contribution is -0.0200. The number of hydrogen-bond acceptors (Lipinski definition) is 10. The zero-order valence-electron chi connectivity index (χ0n) is 32.0. The molecule has 0 saturated carbocycles. The van der Waals surface area contributed by atoms with Crippen LogP contribution in [0, 0.1) is 25.2 Å². The van der Waals surface area contributed by atoms with E-state index in [0.29, 0.717) is 40.1 Å². The molecule has 0 aliphatic carbocycles. The molecule has 6 rings (SSSR count). The number of azo groups is 1. The summed E-state index contributed by atoms with van der Waals surface area (Å²) < 4.78 is 23.9. The third-order valence-corrected chi connectivity index (χ3v) is 11.6. The molecular weight excluding hydrogens is 715 g/mol. The molecule has 13 heteroatoms. The number of ether oxygens (including phenoxy) is 1. The molecule has 5 aromatic rings. The van der Waals surface area contributed by atoms with Crippen LogP contribution >= 0.6 is 8.53 Å². The lowest BCUT2D eigenvalue weighted by Crippen LogP contribution is -2.38. The highest BCUT2D eigenvalue weighted by atomic mass is 31.2. The van der Waals surface area contributed by atoms with Crippen molar-refractivity contribution in [1.29, 1.82) is 5.26 Å². The van der Waals surface area contributed by atoms with E-state index < -0.39 is 32.0 Å². The van der Waals surface area contributed by atoms with Gasteiger partial charge in [-0.3, -0.25) is 9.36 Å². The van der Waals surface area contributed by atoms with Gasteiger partial charge in [-0.25, -0.2) is 14.0 Å². The number of aryl methyl sites for hydroxylation is 2. The normalized spacial score (nSPS) is 17.9. The lowest BCUT2D eigenvalue weighted by Gasteiger charge is -2.37. The number of hydrogen-bond donors (Lipinski definition) is 1. The molecular formula is C42H47N6O6P. The van der Waals surface area contributed by atoms with Gasteiger partial charge in [-0.1, -0.05) is 47.5 Å². The lowest BCUT2D eigenvalue weighted by atomic mass is 10.0. The molecule has 0 amide bonds. The Morgan fingerprint density at radius 3 is 2.11 bits per heavy atom. The summed E-state index contributed by atoms with van der Waals surface area (Å²) in [6.07, 6.45) is -0.647. The van der Waals surface area contributed by atoms with Crippen LogP contribution in [0.15, 0.2) is 111 Å². The van der Waals surface area contributed by atoms with Crippen molar-refractivity contribution in [3.05, 3.63) is 129 Å². The highest BCUT2D eigenvalue weighted by Gasteiger charge is 2.40. The van der Waals surface area contributed by atoms with Gasteiger partial charge < -0.3 is 18.9 Å². The summed E-state index contributed by atoms with van der Waals surface area (Å²) in [5.41, 5.74) is 4.54. The van der Waals surface area contributed by atoms with Gasteiger partial charge in [0.05, 0.1) is 71.6 Å². The minimum Gasteiger partial charge on any atom is -0.394 e. The molecule has 0 bridgehead atoms. The summed E-state index contributed by atoms with van der Waals surface area (Å²) in [6, 6.07) is 29.8. The molecule has 1 aromatic heterocycles. The number of nitrogens with zero attached hydrogens (tertiary/aromatic N) is 6. The van der Waals surface area contributed by atoms with Gasteiger partial charge in [0.1, 0.15) is 6.10 Å². The molecule has 1 saturated heterocycles. The number of rotatable bonds is 14. The first-order valence-corrected chi connectivity index (χ1v) is 19.6. The highest BCUT2D eigenvalue weighted by molar-refractivity contribution is 7.44. The second-order valence-corrected chi connectivity index (χ2v) is 15.6. The first kappa shape index (κ1) is 39.8. The van der Waals surface area contributed by atoms with E-state index in [-0.39, 0.29) is 37.8 Å². The van der Waals surface area contributed by atoms with Gasteiger partial charge in [0.2, 0.25) is 0 Å². The van der Waals surface area contributed by atoms with Crippen LogP contribution in [-0.4, -0.2) is 56.4 Å². The van der Waals surface area contributed by atoms with Gasteiger partial charge in [0.15, 0.2) is 0 Å². The number of aliphatic hydroxyl groups is 1. The predicted molar refractivity (Wildman–Crippen MR) is 215 cm³/mol. The quantitative estimate of drug-likeness (QED) is 0.0673. The molecule has 1 fully saturated rings. The standard InChI is InChI=1S/C42H47N6O6P/c1-27(2)48(28(3)4)55(52-22-8-21-43)54-39-25-38(53-40(39)26-49)31-9-7-10-32(23-31)44-45-33-15-20-36-37(24-33)46(34-16-11-29(5)12-17-34)42(51)47(41(36)50)35-18-13-30(6)14-19-35/h7,9-20,23-24,27-28,38-40,49H,8,22,25-26H2,1-6H3/t38-,39+,40-,55?/m1/s1. The second-order valence-electron chi connectivity index (χ2n) is 14.2. The molecule has 55 heavy (non-hydrogen) atoms. The van der Waals surface area contributed by atoms with Crippen LogP contribution in [0.2, 0.25) is 0 Å². The van der Waals surface area contributed by atoms with Gasteiger partial charge >= 0.3 is 5.69 Å². The molecule has 1 N–H and O–H groups in total. The van der Waals surface area contributed by atoms with Crippen molar-refractivity contribution in [3.8, 4) is 17.4 Å². The van der Waals surface area contributed by atoms with E-state index in [1.165, 1.54) is 9.13 Å². The van der Waals surface area contributed by atoms with E-state index in [4.69, 9.17) is 19.0 Å². The van der Waals surface area contributed by atoms with Crippen molar-refractivity contribution >= 4 is 30.8 Å². The maximum Gasteiger partial charge on any atom is 0.340 e. The number of nitriles is 1. The van der Waals surface area contributed by atoms with Gasteiger partial charge in [-0.15, -0.1) is 0 Å². The van der Waals surface area contributed by atoms with Crippen molar-refractivity contribution in [2.75, 3.05) is 13.2 Å². The van der Waals surface area contributed by atoms with Gasteiger partial charge in [-0.2, -0.15) is 15.5 Å². The second kappa shape index (κ2) is 17.7. The van der Waals surface area contributed by atoms with Crippen molar-refractivity contribution < 1.29 is 18.9 Å². The molecule has 12 nitrogen and oxygen atoms in total. The van der Waals surface area contributed by atoms with Gasteiger partial charge in [0, 0.05) is 18.5 Å². The SMILES string of the molecule is Cc1ccc(-n2c(=O)c3ccc(N=Nc4cccc([C@H]5C[C@H](OP(OCCC#N)N(C(C)C)C(C)C)[C@@H](CO)O5)c4)cc3n(-c3ccc(C)cc3)c2=O)cc1. The summed E-state index contributed by atoms with van der Waals surface area (Å²) in [7, 11) is -1.52. The Kier molecular flexibility index (Phi) is 12.8. The van der Waals surface area contributed by atoms with Crippen molar-refractivity contribution in [3.63, 3.8) is 0 Å². The third-order valence-electron chi connectivity index (χ3n) is 9.41. The van der Waals surface area contributed by atoms with Crippen molar-refractivity contribution in [2.24, 2.45) is 10.2 Å². The molecule has 0 radical (unpaired) electrons. The Morgan fingerprint density at radius 1 is 0.891 bits per heavy atom. The predicted octanol–water partition coefficient (Wildman–Crippen LogP) is 8.66. The Morgan fingerprint density at radius 2 is 1.51 bits per heavy atom. The molecule has 2 heterocycles. The maximum absolute atomic E-state index is 14.1. The molecule has 4 aromatic carbocycles. The molecule has 286 valence electrons. The summed E-state index contributed by atoms with van der Waals surface area (Å²) in [5, 5.41) is 28.8.